The van der Waals surface area contributed by atoms with Crippen molar-refractivity contribution in [2.24, 2.45) is 0 Å². The Morgan fingerprint density at radius 1 is 1.04 bits per heavy atom. The lowest BCUT2D eigenvalue weighted by Crippen LogP contribution is -2.03. The van der Waals surface area contributed by atoms with Crippen LogP contribution in [0.25, 0.3) is 0 Å². The molecule has 2 N–H and O–H groups in total. The minimum atomic E-state index is -0.488. The second kappa shape index (κ2) is 7.54. The van der Waals surface area contributed by atoms with E-state index < -0.39 is 11.5 Å². The second-order valence-corrected chi connectivity index (χ2v) is 5.07. The molecule has 2 aromatic rings. The molecule has 0 aliphatic rings. The van der Waals surface area contributed by atoms with Gasteiger partial charge in [0.25, 0.3) is 0 Å². The molecule has 2 rings (SSSR count). The predicted octanol–water partition coefficient (Wildman–Crippen LogP) is 3.52. The number of ketones is 1. The van der Waals surface area contributed by atoms with E-state index in [1.165, 1.54) is 19.2 Å². The normalized spacial score (nSPS) is 10.3. The average molecular weight is 316 g/mol. The Labute approximate surface area is 135 Å². The van der Waals surface area contributed by atoms with E-state index in [9.17, 15) is 15.0 Å². The van der Waals surface area contributed by atoms with Crippen molar-refractivity contribution in [1.82, 2.24) is 0 Å². The smallest absolute Gasteiger partial charge is 0.201 e. The molecule has 0 radical (unpaired) electrons. The monoisotopic (exact) mass is 316 g/mol. The van der Waals surface area contributed by atoms with Gasteiger partial charge in [-0.15, -0.1) is 0 Å². The molecule has 0 heterocycles. The van der Waals surface area contributed by atoms with Crippen LogP contribution in [0, 0.1) is 0 Å². The number of hydrogen-bond donors (Lipinski definition) is 2. The van der Waals surface area contributed by atoms with E-state index in [2.05, 4.69) is 6.92 Å². The van der Waals surface area contributed by atoms with Gasteiger partial charge in [-0.2, -0.15) is 0 Å². The number of carbonyl (C=O) groups is 1. The lowest BCUT2D eigenvalue weighted by molar-refractivity contribution is 0.103. The van der Waals surface area contributed by atoms with Crippen LogP contribution in [0.3, 0.4) is 0 Å². The zero-order chi connectivity index (χ0) is 16.8. The van der Waals surface area contributed by atoms with Gasteiger partial charge in [0.2, 0.25) is 5.75 Å². The second-order valence-electron chi connectivity index (χ2n) is 5.07. The van der Waals surface area contributed by atoms with Crippen LogP contribution in [0.4, 0.5) is 0 Å². The summed E-state index contributed by atoms with van der Waals surface area (Å²) in [6.07, 6.45) is 2.02. The highest BCUT2D eigenvalue weighted by atomic mass is 16.5. The van der Waals surface area contributed by atoms with Crippen LogP contribution in [0.15, 0.2) is 36.4 Å². The quantitative estimate of drug-likeness (QED) is 0.464. The molecule has 2 aromatic carbocycles. The van der Waals surface area contributed by atoms with E-state index >= 15 is 0 Å². The Bertz CT molecular complexity index is 677. The van der Waals surface area contributed by atoms with Crippen molar-refractivity contribution in [3.8, 4) is 23.0 Å². The molecular weight excluding hydrogens is 296 g/mol. The molecule has 0 saturated carbocycles. The summed E-state index contributed by atoms with van der Waals surface area (Å²) in [6.45, 7) is 2.72. The maximum absolute atomic E-state index is 12.4. The molecule has 23 heavy (non-hydrogen) atoms. The zero-order valence-corrected chi connectivity index (χ0v) is 13.2. The zero-order valence-electron chi connectivity index (χ0n) is 13.2. The highest BCUT2D eigenvalue weighted by Gasteiger charge is 2.19. The molecule has 0 amide bonds. The molecule has 0 atom stereocenters. The van der Waals surface area contributed by atoms with Gasteiger partial charge in [-0.3, -0.25) is 4.79 Å². The van der Waals surface area contributed by atoms with E-state index in [1.54, 1.807) is 24.3 Å². The van der Waals surface area contributed by atoms with E-state index in [0.717, 1.165) is 12.8 Å². The maximum Gasteiger partial charge on any atom is 0.201 e. The predicted molar refractivity (Wildman–Crippen MR) is 86.6 cm³/mol. The number of hydrogen-bond acceptors (Lipinski definition) is 5. The number of rotatable bonds is 7. The molecule has 0 spiro atoms. The molecule has 0 aliphatic carbocycles. The molecule has 0 bridgehead atoms. The largest absolute Gasteiger partial charge is 0.504 e. The first-order valence-corrected chi connectivity index (χ1v) is 7.45. The third kappa shape index (κ3) is 3.74. The first kappa shape index (κ1) is 16.7. The molecule has 0 aromatic heterocycles. The van der Waals surface area contributed by atoms with Gasteiger partial charge in [-0.25, -0.2) is 0 Å². The first-order chi connectivity index (χ1) is 11.1. The highest BCUT2D eigenvalue weighted by molar-refractivity contribution is 6.11. The minimum Gasteiger partial charge on any atom is -0.504 e. The van der Waals surface area contributed by atoms with Crippen molar-refractivity contribution in [2.45, 2.75) is 19.8 Å². The van der Waals surface area contributed by atoms with Crippen molar-refractivity contribution in [3.05, 3.63) is 47.5 Å². The number of benzene rings is 2. The fourth-order valence-electron chi connectivity index (χ4n) is 2.10. The summed E-state index contributed by atoms with van der Waals surface area (Å²) < 4.78 is 10.4. The third-order valence-electron chi connectivity index (χ3n) is 3.46. The van der Waals surface area contributed by atoms with E-state index in [0.29, 0.717) is 17.9 Å². The first-order valence-electron chi connectivity index (χ1n) is 7.45. The minimum absolute atomic E-state index is 0.0166. The molecule has 0 saturated heterocycles. The summed E-state index contributed by atoms with van der Waals surface area (Å²) in [6, 6.07) is 9.54. The maximum atomic E-state index is 12.4. The van der Waals surface area contributed by atoms with Gasteiger partial charge in [0.05, 0.1) is 19.3 Å². The lowest BCUT2D eigenvalue weighted by atomic mass is 10.0. The molecular formula is C18H20O5. The van der Waals surface area contributed by atoms with Gasteiger partial charge in [-0.1, -0.05) is 13.3 Å². The Kier molecular flexibility index (Phi) is 5.46. The summed E-state index contributed by atoms with van der Waals surface area (Å²) in [7, 11) is 1.37. The fourth-order valence-corrected chi connectivity index (χ4v) is 2.10. The number of methoxy groups -OCH3 is 1. The molecule has 0 aliphatic heterocycles. The van der Waals surface area contributed by atoms with Crippen molar-refractivity contribution in [1.29, 1.82) is 0 Å². The van der Waals surface area contributed by atoms with Gasteiger partial charge < -0.3 is 19.7 Å². The van der Waals surface area contributed by atoms with Gasteiger partial charge in [0, 0.05) is 5.56 Å². The van der Waals surface area contributed by atoms with Crippen LogP contribution in [-0.4, -0.2) is 29.7 Å². The Morgan fingerprint density at radius 3 is 2.35 bits per heavy atom. The van der Waals surface area contributed by atoms with E-state index in [4.69, 9.17) is 9.47 Å². The van der Waals surface area contributed by atoms with Crippen molar-refractivity contribution < 1.29 is 24.5 Å². The Morgan fingerprint density at radius 2 is 1.74 bits per heavy atom. The standard InChI is InChI=1S/C18H20O5/c1-3-4-11-23-13-7-5-12(6-8-13)16(19)14-9-10-15(22-2)18(21)17(14)20/h5-10,20-21H,3-4,11H2,1-2H3. The highest BCUT2D eigenvalue weighted by Crippen LogP contribution is 2.38. The van der Waals surface area contributed by atoms with Gasteiger partial charge in [-0.05, 0) is 42.8 Å². The van der Waals surface area contributed by atoms with Crippen molar-refractivity contribution >= 4 is 5.78 Å². The average Bonchev–Trinajstić information content (AvgIpc) is 2.57. The number of phenolic OH excluding ortho intramolecular Hbond substituents is 2. The lowest BCUT2D eigenvalue weighted by Gasteiger charge is -2.10. The summed E-state index contributed by atoms with van der Waals surface area (Å²) in [5.41, 5.74) is 0.413. The van der Waals surface area contributed by atoms with Crippen molar-refractivity contribution in [2.75, 3.05) is 13.7 Å². The molecule has 5 nitrogen and oxygen atoms in total. The number of unbranched alkanes of at least 4 members (excludes halogenated alkanes) is 1. The number of ether oxygens (including phenoxy) is 2. The van der Waals surface area contributed by atoms with Crippen LogP contribution >= 0.6 is 0 Å². The van der Waals surface area contributed by atoms with Gasteiger partial charge >= 0.3 is 0 Å². The van der Waals surface area contributed by atoms with Crippen molar-refractivity contribution in [3.63, 3.8) is 0 Å². The van der Waals surface area contributed by atoms with Gasteiger partial charge in [0.1, 0.15) is 5.75 Å². The summed E-state index contributed by atoms with van der Waals surface area (Å²) in [5, 5.41) is 19.8. The number of aromatic hydroxyl groups is 2. The number of carbonyl (C=O) groups excluding carboxylic acids is 1. The molecule has 0 unspecified atom stereocenters. The van der Waals surface area contributed by atoms with Crippen LogP contribution < -0.4 is 9.47 Å². The fraction of sp³-hybridized carbons (Fsp3) is 0.278. The van der Waals surface area contributed by atoms with E-state index in [1.807, 2.05) is 0 Å². The third-order valence-corrected chi connectivity index (χ3v) is 3.46. The van der Waals surface area contributed by atoms with Crippen LogP contribution in [0.2, 0.25) is 0 Å². The summed E-state index contributed by atoms with van der Waals surface area (Å²) in [4.78, 5) is 12.4. The topological polar surface area (TPSA) is 76.0 Å². The van der Waals surface area contributed by atoms with Crippen LogP contribution in [0.5, 0.6) is 23.0 Å². The van der Waals surface area contributed by atoms with Crippen LogP contribution in [0.1, 0.15) is 35.7 Å². The van der Waals surface area contributed by atoms with E-state index in [-0.39, 0.29) is 17.1 Å². The van der Waals surface area contributed by atoms with Crippen LogP contribution in [-0.2, 0) is 0 Å². The number of phenols is 2. The summed E-state index contributed by atoms with van der Waals surface area (Å²) in [5.74, 6) is -0.522. The SMILES string of the molecule is CCCCOc1ccc(C(=O)c2ccc(OC)c(O)c2O)cc1. The molecule has 122 valence electrons. The molecule has 5 heteroatoms. The summed E-state index contributed by atoms with van der Waals surface area (Å²) >= 11 is 0. The molecule has 0 fully saturated rings. The van der Waals surface area contributed by atoms with Gasteiger partial charge in [0.15, 0.2) is 17.3 Å². The Hall–Kier alpha value is -2.69. The Balaban J connectivity index is 2.19.